The second kappa shape index (κ2) is 7.29. The van der Waals surface area contributed by atoms with Gasteiger partial charge in [0, 0.05) is 44.2 Å². The summed E-state index contributed by atoms with van der Waals surface area (Å²) in [6, 6.07) is 0. The van der Waals surface area contributed by atoms with Crippen LogP contribution in [0.4, 0.5) is 9.52 Å². The molecule has 8 heteroatoms. The van der Waals surface area contributed by atoms with E-state index in [-0.39, 0.29) is 12.2 Å². The highest BCUT2D eigenvalue weighted by molar-refractivity contribution is 7.15. The van der Waals surface area contributed by atoms with Gasteiger partial charge in [0.05, 0.1) is 24.6 Å². The van der Waals surface area contributed by atoms with Crippen molar-refractivity contribution in [2.75, 3.05) is 25.5 Å². The summed E-state index contributed by atoms with van der Waals surface area (Å²) in [5.74, 6) is 0.194. The van der Waals surface area contributed by atoms with E-state index in [1.807, 2.05) is 13.2 Å². The number of nitrogens with one attached hydrogen (secondary N) is 1. The monoisotopic (exact) mass is 337 g/mol. The lowest BCUT2D eigenvalue weighted by Crippen LogP contribution is -2.46. The van der Waals surface area contributed by atoms with E-state index in [2.05, 4.69) is 32.1 Å². The van der Waals surface area contributed by atoms with Gasteiger partial charge < -0.3 is 10.1 Å². The third kappa shape index (κ3) is 4.43. The Balaban J connectivity index is 1.60. The number of rotatable bonds is 5. The van der Waals surface area contributed by atoms with Crippen LogP contribution in [0.1, 0.15) is 17.6 Å². The van der Waals surface area contributed by atoms with Crippen LogP contribution in [-0.4, -0.2) is 52.2 Å². The molecule has 0 aliphatic carbocycles. The Morgan fingerprint density at radius 3 is 2.78 bits per heavy atom. The van der Waals surface area contributed by atoms with Crippen LogP contribution >= 0.6 is 11.3 Å². The molecule has 1 saturated heterocycles. The third-order valence-electron chi connectivity index (χ3n) is 3.63. The van der Waals surface area contributed by atoms with Crippen LogP contribution < -0.4 is 5.32 Å². The van der Waals surface area contributed by atoms with Crippen LogP contribution in [0, 0.1) is 5.82 Å². The Morgan fingerprint density at radius 1 is 1.30 bits per heavy atom. The Labute approximate surface area is 138 Å². The SMILES string of the molecule is CNc1ncc(CN2CC(C)OC(Cc3ncc(F)cn3)C2)s1. The number of hydrogen-bond donors (Lipinski definition) is 1. The first-order valence-corrected chi connectivity index (χ1v) is 8.40. The maximum Gasteiger partial charge on any atom is 0.182 e. The molecule has 1 fully saturated rings. The maximum atomic E-state index is 12.9. The molecule has 2 aromatic rings. The zero-order valence-corrected chi connectivity index (χ0v) is 14.0. The average Bonchev–Trinajstić information content (AvgIpc) is 2.96. The lowest BCUT2D eigenvalue weighted by atomic mass is 10.1. The summed E-state index contributed by atoms with van der Waals surface area (Å²) in [4.78, 5) is 15.9. The van der Waals surface area contributed by atoms with Crippen LogP contribution in [-0.2, 0) is 17.7 Å². The molecule has 3 rings (SSSR count). The van der Waals surface area contributed by atoms with Crippen molar-refractivity contribution in [3.63, 3.8) is 0 Å². The van der Waals surface area contributed by atoms with Gasteiger partial charge in [0.1, 0.15) is 5.82 Å². The van der Waals surface area contributed by atoms with Gasteiger partial charge in [-0.25, -0.2) is 19.3 Å². The first-order valence-electron chi connectivity index (χ1n) is 7.59. The van der Waals surface area contributed by atoms with Gasteiger partial charge in [-0.05, 0) is 6.92 Å². The van der Waals surface area contributed by atoms with Crippen LogP contribution in [0.15, 0.2) is 18.6 Å². The number of morpholine rings is 1. The molecule has 0 amide bonds. The number of halogens is 1. The third-order valence-corrected chi connectivity index (χ3v) is 4.63. The Morgan fingerprint density at radius 2 is 2.09 bits per heavy atom. The zero-order valence-electron chi connectivity index (χ0n) is 13.2. The number of hydrogen-bond acceptors (Lipinski definition) is 7. The molecule has 2 unspecified atom stereocenters. The van der Waals surface area contributed by atoms with E-state index >= 15 is 0 Å². The van der Waals surface area contributed by atoms with Crippen molar-refractivity contribution in [1.82, 2.24) is 19.9 Å². The second-order valence-electron chi connectivity index (χ2n) is 5.67. The largest absolute Gasteiger partial charge is 0.372 e. The lowest BCUT2D eigenvalue weighted by Gasteiger charge is -2.36. The molecular weight excluding hydrogens is 317 g/mol. The van der Waals surface area contributed by atoms with E-state index in [4.69, 9.17) is 4.74 Å². The van der Waals surface area contributed by atoms with Gasteiger partial charge in [-0.15, -0.1) is 11.3 Å². The number of aromatic nitrogens is 3. The summed E-state index contributed by atoms with van der Waals surface area (Å²) in [7, 11) is 1.87. The molecule has 0 bridgehead atoms. The maximum absolute atomic E-state index is 12.9. The fourth-order valence-corrected chi connectivity index (χ4v) is 3.56. The molecule has 6 nitrogen and oxygen atoms in total. The molecule has 0 saturated carbocycles. The topological polar surface area (TPSA) is 63.2 Å². The number of ether oxygens (including phenoxy) is 1. The first-order chi connectivity index (χ1) is 11.1. The van der Waals surface area contributed by atoms with Gasteiger partial charge in [0.2, 0.25) is 0 Å². The van der Waals surface area contributed by atoms with Crippen molar-refractivity contribution < 1.29 is 9.13 Å². The molecule has 2 aromatic heterocycles. The van der Waals surface area contributed by atoms with E-state index in [1.54, 1.807) is 11.3 Å². The van der Waals surface area contributed by atoms with E-state index in [9.17, 15) is 4.39 Å². The highest BCUT2D eigenvalue weighted by Gasteiger charge is 2.26. The van der Waals surface area contributed by atoms with Crippen LogP contribution in [0.5, 0.6) is 0 Å². The molecule has 2 atom stereocenters. The molecule has 124 valence electrons. The van der Waals surface area contributed by atoms with Crippen LogP contribution in [0.2, 0.25) is 0 Å². The Hall–Kier alpha value is -1.64. The van der Waals surface area contributed by atoms with Gasteiger partial charge in [0.15, 0.2) is 10.9 Å². The summed E-state index contributed by atoms with van der Waals surface area (Å²) >= 11 is 1.66. The number of anilines is 1. The van der Waals surface area contributed by atoms with Gasteiger partial charge in [-0.2, -0.15) is 0 Å². The molecule has 0 radical (unpaired) electrons. The minimum Gasteiger partial charge on any atom is -0.372 e. The lowest BCUT2D eigenvalue weighted by molar-refractivity contribution is -0.0789. The van der Waals surface area contributed by atoms with Gasteiger partial charge in [-0.1, -0.05) is 0 Å². The van der Waals surface area contributed by atoms with Gasteiger partial charge in [-0.3, -0.25) is 4.90 Å². The van der Waals surface area contributed by atoms with Crippen molar-refractivity contribution in [2.24, 2.45) is 0 Å². The van der Waals surface area contributed by atoms with Crippen molar-refractivity contribution >= 4 is 16.5 Å². The highest BCUT2D eigenvalue weighted by atomic mass is 32.1. The Bertz CT molecular complexity index is 635. The van der Waals surface area contributed by atoms with Crippen molar-refractivity contribution in [1.29, 1.82) is 0 Å². The van der Waals surface area contributed by atoms with E-state index in [0.29, 0.717) is 12.2 Å². The molecule has 0 aromatic carbocycles. The zero-order chi connectivity index (χ0) is 16.2. The van der Waals surface area contributed by atoms with Crippen molar-refractivity contribution in [3.05, 3.63) is 35.1 Å². The molecular formula is C15H20FN5OS. The summed E-state index contributed by atoms with van der Waals surface area (Å²) in [5.41, 5.74) is 0. The normalized spacial score (nSPS) is 22.2. The van der Waals surface area contributed by atoms with Crippen LogP contribution in [0.25, 0.3) is 0 Å². The van der Waals surface area contributed by atoms with Gasteiger partial charge in [0.25, 0.3) is 0 Å². The summed E-state index contributed by atoms with van der Waals surface area (Å²) in [6.45, 7) is 4.61. The summed E-state index contributed by atoms with van der Waals surface area (Å²) in [5, 5.41) is 3.98. The second-order valence-corrected chi connectivity index (χ2v) is 6.78. The minimum absolute atomic E-state index is 0.0147. The Kier molecular flexibility index (Phi) is 5.14. The first kappa shape index (κ1) is 16.2. The molecule has 3 heterocycles. The molecule has 23 heavy (non-hydrogen) atoms. The fraction of sp³-hybridized carbons (Fsp3) is 0.533. The summed E-state index contributed by atoms with van der Waals surface area (Å²) < 4.78 is 18.9. The van der Waals surface area contributed by atoms with Crippen molar-refractivity contribution in [3.8, 4) is 0 Å². The predicted molar refractivity (Wildman–Crippen MR) is 87.0 cm³/mol. The summed E-state index contributed by atoms with van der Waals surface area (Å²) in [6.07, 6.45) is 5.05. The quantitative estimate of drug-likeness (QED) is 0.900. The molecule has 1 N–H and O–H groups in total. The average molecular weight is 337 g/mol. The molecule has 0 spiro atoms. The minimum atomic E-state index is -0.418. The molecule has 1 aliphatic rings. The van der Waals surface area contributed by atoms with Crippen LogP contribution in [0.3, 0.4) is 0 Å². The number of thiazole rings is 1. The van der Waals surface area contributed by atoms with Gasteiger partial charge >= 0.3 is 0 Å². The van der Waals surface area contributed by atoms with E-state index in [0.717, 1.165) is 24.8 Å². The standard InChI is InChI=1S/C15H20FN5OS/c1-10-7-21(9-13-6-20-15(17-2)23-13)8-12(22-10)3-14-18-4-11(16)5-19-14/h4-6,10,12H,3,7-9H2,1-2H3,(H,17,20). The van der Waals surface area contributed by atoms with E-state index in [1.165, 1.54) is 17.3 Å². The fourth-order valence-electron chi connectivity index (χ4n) is 2.75. The predicted octanol–water partition coefficient (Wildman–Crippen LogP) is 1.95. The van der Waals surface area contributed by atoms with E-state index < -0.39 is 5.82 Å². The highest BCUT2D eigenvalue weighted by Crippen LogP contribution is 2.22. The molecule has 1 aliphatic heterocycles. The van der Waals surface area contributed by atoms with Crippen molar-refractivity contribution in [2.45, 2.75) is 32.1 Å². The smallest absolute Gasteiger partial charge is 0.182 e. The number of nitrogens with zero attached hydrogens (tertiary/aromatic N) is 4.